The highest BCUT2D eigenvalue weighted by Crippen LogP contribution is 2.34. The second kappa shape index (κ2) is 9.21. The number of nitrogens with one attached hydrogen (secondary N) is 2. The summed E-state index contributed by atoms with van der Waals surface area (Å²) in [7, 11) is 0. The number of benzene rings is 1. The second-order valence-electron chi connectivity index (χ2n) is 6.30. The van der Waals surface area contributed by atoms with Crippen molar-refractivity contribution in [2.45, 2.75) is 38.8 Å². The maximum atomic E-state index is 12.5. The van der Waals surface area contributed by atoms with E-state index in [1.165, 1.54) is 0 Å². The first kappa shape index (κ1) is 20.5. The number of hydrogen-bond acceptors (Lipinski definition) is 5. The van der Waals surface area contributed by atoms with E-state index < -0.39 is 0 Å². The molecule has 1 aliphatic heterocycles. The van der Waals surface area contributed by atoms with E-state index >= 15 is 0 Å². The van der Waals surface area contributed by atoms with Crippen molar-refractivity contribution in [3.63, 3.8) is 0 Å². The third kappa shape index (κ3) is 4.87. The van der Waals surface area contributed by atoms with E-state index in [-0.39, 0.29) is 36.2 Å². The van der Waals surface area contributed by atoms with E-state index in [0.717, 1.165) is 25.9 Å². The number of rotatable bonds is 5. The molecule has 0 aliphatic carbocycles. The van der Waals surface area contributed by atoms with Crippen LogP contribution in [0.15, 0.2) is 24.4 Å². The molecule has 7 nitrogen and oxygen atoms in total. The number of hydrogen-bond donors (Lipinski definition) is 2. The molecule has 0 saturated carbocycles. The summed E-state index contributed by atoms with van der Waals surface area (Å²) < 4.78 is 7.50. The number of carbonyl (C=O) groups excluding carboxylic acids is 1. The van der Waals surface area contributed by atoms with Crippen LogP contribution in [0, 0.1) is 0 Å². The molecule has 0 unspecified atom stereocenters. The van der Waals surface area contributed by atoms with Crippen LogP contribution >= 0.6 is 24.0 Å². The van der Waals surface area contributed by atoms with Gasteiger partial charge in [-0.3, -0.25) is 4.79 Å². The van der Waals surface area contributed by atoms with Crippen molar-refractivity contribution in [3.05, 3.63) is 35.1 Å². The number of para-hydroxylation sites is 1. The van der Waals surface area contributed by atoms with Crippen molar-refractivity contribution in [1.82, 2.24) is 20.3 Å². The SMILES string of the molecule is CC(C)Oc1c(Cl)cccc1NC(=O)c1cn(C2CCNCC2)nn1.Cl. The maximum absolute atomic E-state index is 12.5. The molecule has 0 radical (unpaired) electrons. The molecule has 142 valence electrons. The summed E-state index contributed by atoms with van der Waals surface area (Å²) in [6.45, 7) is 5.70. The first-order chi connectivity index (χ1) is 12.0. The molecule has 9 heteroatoms. The molecule has 1 aromatic heterocycles. The zero-order valence-corrected chi connectivity index (χ0v) is 16.3. The van der Waals surface area contributed by atoms with E-state index in [1.54, 1.807) is 29.1 Å². The van der Waals surface area contributed by atoms with Crippen LogP contribution in [0.3, 0.4) is 0 Å². The number of carbonyl (C=O) groups is 1. The van der Waals surface area contributed by atoms with Crippen molar-refractivity contribution < 1.29 is 9.53 Å². The van der Waals surface area contributed by atoms with E-state index in [0.29, 0.717) is 16.5 Å². The van der Waals surface area contributed by atoms with Gasteiger partial charge in [0.05, 0.1) is 29.1 Å². The van der Waals surface area contributed by atoms with Gasteiger partial charge in [-0.05, 0) is 51.9 Å². The van der Waals surface area contributed by atoms with Crippen LogP contribution in [0.25, 0.3) is 0 Å². The molecular formula is C17H23Cl2N5O2. The molecular weight excluding hydrogens is 377 g/mol. The summed E-state index contributed by atoms with van der Waals surface area (Å²) in [6, 6.07) is 5.51. The Labute approximate surface area is 163 Å². The quantitative estimate of drug-likeness (QED) is 0.805. The Hall–Kier alpha value is -1.83. The molecule has 3 rings (SSSR count). The maximum Gasteiger partial charge on any atom is 0.277 e. The second-order valence-corrected chi connectivity index (χ2v) is 6.71. The lowest BCUT2D eigenvalue weighted by atomic mass is 10.1. The van der Waals surface area contributed by atoms with Crippen LogP contribution in [0.2, 0.25) is 5.02 Å². The molecule has 1 aromatic carbocycles. The van der Waals surface area contributed by atoms with Crippen molar-refractivity contribution in [3.8, 4) is 5.75 Å². The largest absolute Gasteiger partial charge is 0.487 e. The molecule has 2 heterocycles. The normalized spacial score (nSPS) is 14.8. The lowest BCUT2D eigenvalue weighted by Gasteiger charge is -2.22. The number of piperidine rings is 1. The molecule has 0 spiro atoms. The Morgan fingerprint density at radius 1 is 1.38 bits per heavy atom. The van der Waals surface area contributed by atoms with E-state index in [4.69, 9.17) is 16.3 Å². The minimum atomic E-state index is -0.337. The highest BCUT2D eigenvalue weighted by atomic mass is 35.5. The summed E-state index contributed by atoms with van der Waals surface area (Å²) in [4.78, 5) is 12.5. The minimum Gasteiger partial charge on any atom is -0.487 e. The van der Waals surface area contributed by atoms with Gasteiger partial charge >= 0.3 is 0 Å². The fourth-order valence-corrected chi connectivity index (χ4v) is 3.00. The summed E-state index contributed by atoms with van der Waals surface area (Å²) in [5.74, 6) is 0.120. The van der Waals surface area contributed by atoms with Gasteiger partial charge in [0.25, 0.3) is 5.91 Å². The number of anilines is 1. The van der Waals surface area contributed by atoms with Gasteiger partial charge in [0.1, 0.15) is 0 Å². The van der Waals surface area contributed by atoms with Gasteiger partial charge in [0.15, 0.2) is 11.4 Å². The highest BCUT2D eigenvalue weighted by molar-refractivity contribution is 6.32. The molecule has 26 heavy (non-hydrogen) atoms. The topological polar surface area (TPSA) is 81.1 Å². The molecule has 1 saturated heterocycles. The Kier molecular flexibility index (Phi) is 7.25. The highest BCUT2D eigenvalue weighted by Gasteiger charge is 2.20. The molecule has 2 N–H and O–H groups in total. The standard InChI is InChI=1S/C17H22ClN5O2.ClH/c1-11(2)25-16-13(18)4-3-5-14(16)20-17(24)15-10-23(22-21-15)12-6-8-19-9-7-12;/h3-5,10-12,19H,6-9H2,1-2H3,(H,20,24);1H. The predicted octanol–water partition coefficient (Wildman–Crippen LogP) is 3.32. The van der Waals surface area contributed by atoms with Gasteiger partial charge in [-0.2, -0.15) is 0 Å². The number of amides is 1. The predicted molar refractivity (Wildman–Crippen MR) is 104 cm³/mol. The Balaban J connectivity index is 0.00000243. The molecule has 0 bridgehead atoms. The third-order valence-corrected chi connectivity index (χ3v) is 4.29. The summed E-state index contributed by atoms with van der Waals surface area (Å²) in [5, 5.41) is 14.7. The van der Waals surface area contributed by atoms with Crippen LogP contribution < -0.4 is 15.4 Å². The van der Waals surface area contributed by atoms with E-state index in [9.17, 15) is 4.79 Å². The fraction of sp³-hybridized carbons (Fsp3) is 0.471. The van der Waals surface area contributed by atoms with Crippen LogP contribution in [-0.2, 0) is 0 Å². The third-order valence-electron chi connectivity index (χ3n) is 3.99. The molecule has 1 aliphatic rings. The summed E-state index contributed by atoms with van der Waals surface area (Å²) >= 11 is 6.19. The van der Waals surface area contributed by atoms with Crippen molar-refractivity contribution in [2.75, 3.05) is 18.4 Å². The van der Waals surface area contributed by atoms with Gasteiger partial charge < -0.3 is 15.4 Å². The summed E-state index contributed by atoms with van der Waals surface area (Å²) in [6.07, 6.45) is 3.59. The molecule has 0 atom stereocenters. The minimum absolute atomic E-state index is 0. The van der Waals surface area contributed by atoms with Crippen molar-refractivity contribution in [1.29, 1.82) is 0 Å². The Morgan fingerprint density at radius 2 is 2.12 bits per heavy atom. The number of ether oxygens (including phenoxy) is 1. The van der Waals surface area contributed by atoms with E-state index in [2.05, 4.69) is 20.9 Å². The van der Waals surface area contributed by atoms with Gasteiger partial charge in [-0.15, -0.1) is 17.5 Å². The lowest BCUT2D eigenvalue weighted by molar-refractivity contribution is 0.102. The average molecular weight is 400 g/mol. The van der Waals surface area contributed by atoms with E-state index in [1.807, 2.05) is 13.8 Å². The van der Waals surface area contributed by atoms with Gasteiger partial charge in [0, 0.05) is 0 Å². The van der Waals surface area contributed by atoms with Crippen LogP contribution in [0.5, 0.6) is 5.75 Å². The smallest absolute Gasteiger partial charge is 0.277 e. The monoisotopic (exact) mass is 399 g/mol. The fourth-order valence-electron chi connectivity index (χ4n) is 2.78. The number of aromatic nitrogens is 3. The molecule has 2 aromatic rings. The van der Waals surface area contributed by atoms with Crippen molar-refractivity contribution in [2.24, 2.45) is 0 Å². The summed E-state index contributed by atoms with van der Waals surface area (Å²) in [5.41, 5.74) is 0.789. The number of halogens is 2. The zero-order valence-electron chi connectivity index (χ0n) is 14.7. The zero-order chi connectivity index (χ0) is 17.8. The van der Waals surface area contributed by atoms with Gasteiger partial charge in [0.2, 0.25) is 0 Å². The molecule has 1 amide bonds. The van der Waals surface area contributed by atoms with Crippen molar-refractivity contribution >= 4 is 35.6 Å². The Morgan fingerprint density at radius 3 is 2.81 bits per heavy atom. The lowest BCUT2D eigenvalue weighted by Crippen LogP contribution is -2.29. The molecule has 1 fully saturated rings. The van der Waals surface area contributed by atoms with Crippen LogP contribution in [0.1, 0.15) is 43.2 Å². The van der Waals surface area contributed by atoms with Gasteiger partial charge in [-0.1, -0.05) is 22.9 Å². The first-order valence-corrected chi connectivity index (χ1v) is 8.81. The van der Waals surface area contributed by atoms with Crippen LogP contribution in [-0.4, -0.2) is 40.1 Å². The first-order valence-electron chi connectivity index (χ1n) is 8.43. The van der Waals surface area contributed by atoms with Crippen LogP contribution in [0.4, 0.5) is 5.69 Å². The average Bonchev–Trinajstić information content (AvgIpc) is 3.09. The Bertz CT molecular complexity index is 745. The number of nitrogens with zero attached hydrogens (tertiary/aromatic N) is 3. The van der Waals surface area contributed by atoms with Gasteiger partial charge in [-0.25, -0.2) is 4.68 Å².